The van der Waals surface area contributed by atoms with Crippen LogP contribution in [0.1, 0.15) is 91.5 Å². The highest BCUT2D eigenvalue weighted by Gasteiger charge is 2.46. The average Bonchev–Trinajstić information content (AvgIpc) is 2.71. The number of carbonyl (C=O) groups excluding carboxylic acids is 2. The van der Waals surface area contributed by atoms with Gasteiger partial charge in [0.15, 0.2) is 23.1 Å². The van der Waals surface area contributed by atoms with Crippen LogP contribution >= 0.6 is 0 Å². The summed E-state index contributed by atoms with van der Waals surface area (Å²) in [6.45, 7) is 13.8. The number of hydrogen-bond donors (Lipinski definition) is 1. The van der Waals surface area contributed by atoms with E-state index in [1.807, 2.05) is 25.1 Å². The monoisotopic (exact) mass is 465 g/mol. The number of carbonyl (C=O) groups is 2. The van der Waals surface area contributed by atoms with Gasteiger partial charge >= 0.3 is 0 Å². The molecule has 5 heteroatoms. The van der Waals surface area contributed by atoms with Crippen molar-refractivity contribution in [3.05, 3.63) is 46.3 Å². The van der Waals surface area contributed by atoms with Gasteiger partial charge in [-0.2, -0.15) is 0 Å². The molecule has 1 aliphatic heterocycles. The predicted octanol–water partition coefficient (Wildman–Crippen LogP) is 6.24. The lowest BCUT2D eigenvalue weighted by Crippen LogP contribution is -2.42. The molecule has 1 aromatic rings. The van der Waals surface area contributed by atoms with Crippen molar-refractivity contribution in [3.63, 3.8) is 0 Å². The maximum absolute atomic E-state index is 13.5. The maximum atomic E-state index is 13.5. The molecule has 1 heterocycles. The van der Waals surface area contributed by atoms with Crippen LogP contribution in [0.15, 0.2) is 40.7 Å². The largest absolute Gasteiger partial charge is 0.490 e. The molecule has 2 aliphatic carbocycles. The Kier molecular flexibility index (Phi) is 6.67. The molecule has 1 aromatic carbocycles. The lowest BCUT2D eigenvalue weighted by molar-refractivity contribution is -0.119. The third-order valence-electron chi connectivity index (χ3n) is 7.08. The van der Waals surface area contributed by atoms with Gasteiger partial charge in [-0.1, -0.05) is 47.1 Å². The second-order valence-electron chi connectivity index (χ2n) is 11.6. The van der Waals surface area contributed by atoms with E-state index in [-0.39, 0.29) is 28.3 Å². The van der Waals surface area contributed by atoms with Gasteiger partial charge in [-0.15, -0.1) is 0 Å². The van der Waals surface area contributed by atoms with Crippen molar-refractivity contribution in [1.82, 2.24) is 5.32 Å². The molecule has 0 aromatic heterocycles. The van der Waals surface area contributed by atoms with E-state index >= 15 is 0 Å². The Hall–Kier alpha value is -2.56. The number of nitrogens with one attached hydrogen (secondary N) is 1. The molecule has 0 fully saturated rings. The molecule has 0 amide bonds. The first kappa shape index (κ1) is 24.6. The van der Waals surface area contributed by atoms with E-state index in [0.717, 1.165) is 53.8 Å². The molecule has 0 spiro atoms. The van der Waals surface area contributed by atoms with Gasteiger partial charge in [-0.05, 0) is 54.7 Å². The Morgan fingerprint density at radius 2 is 1.44 bits per heavy atom. The highest BCUT2D eigenvalue weighted by atomic mass is 16.5. The highest BCUT2D eigenvalue weighted by Crippen LogP contribution is 2.51. The van der Waals surface area contributed by atoms with Crippen LogP contribution in [0.3, 0.4) is 0 Å². The number of hydrogen-bond acceptors (Lipinski definition) is 5. The Morgan fingerprint density at radius 1 is 0.853 bits per heavy atom. The van der Waals surface area contributed by atoms with Crippen LogP contribution in [-0.4, -0.2) is 24.8 Å². The van der Waals surface area contributed by atoms with Crippen LogP contribution in [0, 0.1) is 10.8 Å². The number of dihydropyridines is 1. The molecule has 0 saturated heterocycles. The average molecular weight is 466 g/mol. The Labute approximate surface area is 204 Å². The molecule has 4 rings (SSSR count). The van der Waals surface area contributed by atoms with Gasteiger partial charge in [0.05, 0.1) is 13.2 Å². The summed E-state index contributed by atoms with van der Waals surface area (Å²) in [6.07, 6.45) is 4.61. The number of allylic oxidation sites excluding steroid dienone is 4. The second-order valence-corrected chi connectivity index (χ2v) is 11.6. The molecule has 1 N–H and O–H groups in total. The fourth-order valence-electron chi connectivity index (χ4n) is 5.64. The van der Waals surface area contributed by atoms with E-state index in [1.165, 1.54) is 0 Å². The number of benzene rings is 1. The fraction of sp³-hybridized carbons (Fsp3) is 0.586. The summed E-state index contributed by atoms with van der Waals surface area (Å²) >= 11 is 0. The molecular formula is C29H39NO4. The Balaban J connectivity index is 1.83. The molecule has 3 aliphatic rings. The van der Waals surface area contributed by atoms with Crippen LogP contribution in [-0.2, 0) is 9.59 Å². The Morgan fingerprint density at radius 3 is 1.97 bits per heavy atom. The molecule has 0 bridgehead atoms. The van der Waals surface area contributed by atoms with Gasteiger partial charge in [0.1, 0.15) is 0 Å². The van der Waals surface area contributed by atoms with Gasteiger partial charge < -0.3 is 14.8 Å². The first-order chi connectivity index (χ1) is 16.0. The number of unbranched alkanes of at least 4 members (excludes halogenated alkanes) is 1. The van der Waals surface area contributed by atoms with E-state index in [2.05, 4.69) is 39.9 Å². The number of rotatable bonds is 7. The normalized spacial score (nSPS) is 21.7. The van der Waals surface area contributed by atoms with Crippen molar-refractivity contribution in [2.45, 2.75) is 86.0 Å². The van der Waals surface area contributed by atoms with E-state index in [4.69, 9.17) is 9.47 Å². The fourth-order valence-corrected chi connectivity index (χ4v) is 5.64. The van der Waals surface area contributed by atoms with Crippen molar-refractivity contribution in [3.8, 4) is 11.5 Å². The summed E-state index contributed by atoms with van der Waals surface area (Å²) < 4.78 is 11.9. The number of ether oxygens (including phenoxy) is 2. The van der Waals surface area contributed by atoms with E-state index in [1.54, 1.807) is 0 Å². The first-order valence-electron chi connectivity index (χ1n) is 12.7. The third-order valence-corrected chi connectivity index (χ3v) is 7.08. The molecule has 0 saturated carbocycles. The van der Waals surface area contributed by atoms with Gasteiger partial charge in [0.2, 0.25) is 0 Å². The Bertz CT molecular complexity index is 1010. The summed E-state index contributed by atoms with van der Waals surface area (Å²) in [5.41, 5.74) is 4.20. The van der Waals surface area contributed by atoms with Crippen LogP contribution < -0.4 is 14.8 Å². The minimum atomic E-state index is -0.359. The standard InChI is InChI=1S/C29H39NO4/c1-7-9-12-34-23-11-10-18(13-24(23)33-8-2)25-26-19(14-28(3,4)16-21(26)31)30-20-15-29(5,6)17-22(32)27(20)25/h10-11,13,25,30H,7-9,12,14-17H2,1-6H3. The van der Waals surface area contributed by atoms with Crippen molar-refractivity contribution in [2.75, 3.05) is 13.2 Å². The molecular weight excluding hydrogens is 426 g/mol. The van der Waals surface area contributed by atoms with Gasteiger partial charge in [0.25, 0.3) is 0 Å². The quantitative estimate of drug-likeness (QED) is 0.483. The summed E-state index contributed by atoms with van der Waals surface area (Å²) in [7, 11) is 0. The van der Waals surface area contributed by atoms with Crippen molar-refractivity contribution < 1.29 is 19.1 Å². The van der Waals surface area contributed by atoms with Crippen molar-refractivity contribution in [2.24, 2.45) is 10.8 Å². The smallest absolute Gasteiger partial charge is 0.162 e. The molecule has 0 unspecified atom stereocenters. The minimum Gasteiger partial charge on any atom is -0.490 e. The lowest BCUT2D eigenvalue weighted by Gasteiger charge is -2.44. The predicted molar refractivity (Wildman–Crippen MR) is 134 cm³/mol. The van der Waals surface area contributed by atoms with Gasteiger partial charge in [-0.25, -0.2) is 0 Å². The maximum Gasteiger partial charge on any atom is 0.162 e. The van der Waals surface area contributed by atoms with Crippen LogP contribution in [0.5, 0.6) is 11.5 Å². The van der Waals surface area contributed by atoms with Gasteiger partial charge in [-0.3, -0.25) is 9.59 Å². The zero-order chi connectivity index (χ0) is 24.7. The lowest BCUT2D eigenvalue weighted by atomic mass is 9.64. The zero-order valence-electron chi connectivity index (χ0n) is 21.6. The zero-order valence-corrected chi connectivity index (χ0v) is 21.6. The minimum absolute atomic E-state index is 0.104. The van der Waals surface area contributed by atoms with Crippen molar-refractivity contribution in [1.29, 1.82) is 0 Å². The SMILES string of the molecule is CCCCOc1ccc(C2C3=C(CC(C)(C)CC3=O)NC3=C2C(=O)CC(C)(C)C3)cc1OCC. The molecule has 0 atom stereocenters. The molecule has 0 radical (unpaired) electrons. The summed E-state index contributed by atoms with van der Waals surface area (Å²) in [4.78, 5) is 27.0. The summed E-state index contributed by atoms with van der Waals surface area (Å²) in [6, 6.07) is 5.93. The second kappa shape index (κ2) is 9.24. The summed E-state index contributed by atoms with van der Waals surface area (Å²) in [5, 5.41) is 3.58. The van der Waals surface area contributed by atoms with E-state index in [0.29, 0.717) is 37.6 Å². The number of ketones is 2. The van der Waals surface area contributed by atoms with E-state index < -0.39 is 0 Å². The molecule has 34 heavy (non-hydrogen) atoms. The highest BCUT2D eigenvalue weighted by molar-refractivity contribution is 6.06. The van der Waals surface area contributed by atoms with E-state index in [9.17, 15) is 9.59 Å². The third kappa shape index (κ3) is 4.80. The van der Waals surface area contributed by atoms with Crippen LogP contribution in [0.2, 0.25) is 0 Å². The van der Waals surface area contributed by atoms with Gasteiger partial charge in [0, 0.05) is 41.3 Å². The molecule has 184 valence electrons. The summed E-state index contributed by atoms with van der Waals surface area (Å²) in [5.74, 6) is 1.29. The first-order valence-corrected chi connectivity index (χ1v) is 12.7. The van der Waals surface area contributed by atoms with Crippen molar-refractivity contribution >= 4 is 11.6 Å². The van der Waals surface area contributed by atoms with Crippen LogP contribution in [0.25, 0.3) is 0 Å². The topological polar surface area (TPSA) is 64.6 Å². The van der Waals surface area contributed by atoms with Crippen LogP contribution in [0.4, 0.5) is 0 Å². The molecule has 5 nitrogen and oxygen atoms in total. The number of Topliss-reactive ketones (excluding diaryl/α,β-unsaturated/α-hetero) is 2.